The van der Waals surface area contributed by atoms with E-state index in [0.29, 0.717) is 17.4 Å². The minimum absolute atomic E-state index is 0.385. The number of hydrogen-bond donors (Lipinski definition) is 1. The van der Waals surface area contributed by atoms with Crippen molar-refractivity contribution in [3.05, 3.63) is 18.1 Å². The monoisotopic (exact) mass is 230 g/mol. The Hall–Kier alpha value is -1.63. The van der Waals surface area contributed by atoms with E-state index in [1.165, 1.54) is 25.7 Å². The van der Waals surface area contributed by atoms with Gasteiger partial charge in [0.25, 0.3) is 0 Å². The lowest BCUT2D eigenvalue weighted by atomic mass is 9.80. The van der Waals surface area contributed by atoms with E-state index in [2.05, 4.69) is 28.3 Å². The average Bonchev–Trinajstić information content (AvgIpc) is 2.38. The fourth-order valence-corrected chi connectivity index (χ4v) is 2.47. The second-order valence-corrected chi connectivity index (χ2v) is 4.77. The lowest BCUT2D eigenvalue weighted by Crippen LogP contribution is -2.25. The van der Waals surface area contributed by atoms with E-state index in [1.807, 2.05) is 0 Å². The highest BCUT2D eigenvalue weighted by Crippen LogP contribution is 2.29. The van der Waals surface area contributed by atoms with E-state index in [1.54, 1.807) is 12.4 Å². The quantitative estimate of drug-likeness (QED) is 0.867. The van der Waals surface area contributed by atoms with Gasteiger partial charge in [-0.1, -0.05) is 26.2 Å². The van der Waals surface area contributed by atoms with Gasteiger partial charge in [-0.05, 0) is 18.3 Å². The zero-order chi connectivity index (χ0) is 12.1. The molecule has 0 saturated heterocycles. The van der Waals surface area contributed by atoms with Crippen LogP contribution in [0.2, 0.25) is 0 Å². The predicted molar refractivity (Wildman–Crippen MR) is 66.4 cm³/mol. The summed E-state index contributed by atoms with van der Waals surface area (Å²) in [6, 6.07) is 2.06. The van der Waals surface area contributed by atoms with Crippen molar-refractivity contribution in [2.24, 2.45) is 11.8 Å². The third kappa shape index (κ3) is 2.94. The van der Waals surface area contributed by atoms with Gasteiger partial charge in [-0.3, -0.25) is 0 Å². The molecule has 1 N–H and O–H groups in total. The zero-order valence-electron chi connectivity index (χ0n) is 10.2. The Morgan fingerprint density at radius 3 is 2.88 bits per heavy atom. The molecule has 0 aromatic carbocycles. The normalized spacial score (nSPS) is 24.0. The lowest BCUT2D eigenvalue weighted by molar-refractivity contribution is 0.268. The van der Waals surface area contributed by atoms with Crippen LogP contribution in [0.3, 0.4) is 0 Å². The highest BCUT2D eigenvalue weighted by molar-refractivity contribution is 5.46. The molecule has 2 unspecified atom stereocenters. The fraction of sp³-hybridized carbons (Fsp3) is 0.615. The maximum atomic E-state index is 8.91. The van der Waals surface area contributed by atoms with E-state index in [-0.39, 0.29) is 0 Å². The number of aromatic nitrogens is 2. The number of hydrogen-bond acceptors (Lipinski definition) is 4. The molecule has 1 saturated carbocycles. The maximum absolute atomic E-state index is 8.91. The molecule has 0 bridgehead atoms. The first-order valence-corrected chi connectivity index (χ1v) is 6.26. The summed E-state index contributed by atoms with van der Waals surface area (Å²) in [6.07, 6.45) is 8.43. The second kappa shape index (κ2) is 5.62. The molecular weight excluding hydrogens is 212 g/mol. The van der Waals surface area contributed by atoms with Gasteiger partial charge in [-0.2, -0.15) is 5.26 Å². The first-order valence-electron chi connectivity index (χ1n) is 6.26. The standard InChI is InChI=1S/C13H18N4/c1-10-4-2-3-5-11(10)9-17-13-12(8-14)15-6-7-16-13/h6-7,10-11H,2-5,9H2,1H3,(H,16,17). The Morgan fingerprint density at radius 2 is 2.12 bits per heavy atom. The van der Waals surface area contributed by atoms with Crippen LogP contribution in [-0.2, 0) is 0 Å². The molecule has 17 heavy (non-hydrogen) atoms. The van der Waals surface area contributed by atoms with E-state index < -0.39 is 0 Å². The van der Waals surface area contributed by atoms with Gasteiger partial charge in [0.05, 0.1) is 0 Å². The minimum Gasteiger partial charge on any atom is -0.367 e. The summed E-state index contributed by atoms with van der Waals surface area (Å²) in [5.74, 6) is 2.07. The molecule has 4 heteroatoms. The van der Waals surface area contributed by atoms with Crippen LogP contribution in [0.25, 0.3) is 0 Å². The Kier molecular flexibility index (Phi) is 3.92. The summed E-state index contributed by atoms with van der Waals surface area (Å²) in [6.45, 7) is 3.21. The van der Waals surface area contributed by atoms with Crippen LogP contribution in [0.4, 0.5) is 5.82 Å². The second-order valence-electron chi connectivity index (χ2n) is 4.77. The van der Waals surface area contributed by atoms with Crippen LogP contribution >= 0.6 is 0 Å². The highest BCUT2D eigenvalue weighted by atomic mass is 15.0. The topological polar surface area (TPSA) is 61.6 Å². The summed E-state index contributed by atoms with van der Waals surface area (Å²) >= 11 is 0. The molecule has 1 aliphatic carbocycles. The molecule has 1 aromatic rings. The van der Waals surface area contributed by atoms with Crippen molar-refractivity contribution in [2.45, 2.75) is 32.6 Å². The van der Waals surface area contributed by atoms with Gasteiger partial charge < -0.3 is 5.32 Å². The molecule has 1 heterocycles. The van der Waals surface area contributed by atoms with Crippen LogP contribution in [0.5, 0.6) is 0 Å². The molecule has 1 aromatic heterocycles. The number of nitrogens with zero attached hydrogens (tertiary/aromatic N) is 3. The molecule has 2 rings (SSSR count). The van der Waals surface area contributed by atoms with Crippen LogP contribution in [-0.4, -0.2) is 16.5 Å². The Balaban J connectivity index is 1.95. The lowest BCUT2D eigenvalue weighted by Gasteiger charge is -2.28. The SMILES string of the molecule is CC1CCCCC1CNc1nccnc1C#N. The van der Waals surface area contributed by atoms with Crippen LogP contribution in [0.15, 0.2) is 12.4 Å². The van der Waals surface area contributed by atoms with Gasteiger partial charge in [0.2, 0.25) is 0 Å². The molecule has 2 atom stereocenters. The molecule has 0 spiro atoms. The van der Waals surface area contributed by atoms with Crippen molar-refractivity contribution >= 4 is 5.82 Å². The minimum atomic E-state index is 0.385. The van der Waals surface area contributed by atoms with Gasteiger partial charge in [0, 0.05) is 18.9 Å². The number of nitriles is 1. The summed E-state index contributed by atoms with van der Waals surface area (Å²) in [5, 5.41) is 12.2. The van der Waals surface area contributed by atoms with Gasteiger partial charge >= 0.3 is 0 Å². The van der Waals surface area contributed by atoms with Gasteiger partial charge in [0.15, 0.2) is 11.5 Å². The Morgan fingerprint density at radius 1 is 1.35 bits per heavy atom. The molecule has 4 nitrogen and oxygen atoms in total. The molecule has 0 amide bonds. The predicted octanol–water partition coefficient (Wildman–Crippen LogP) is 2.59. The molecule has 0 radical (unpaired) electrons. The third-order valence-corrected chi connectivity index (χ3v) is 3.62. The number of nitrogens with one attached hydrogen (secondary N) is 1. The molecule has 1 aliphatic rings. The van der Waals surface area contributed by atoms with E-state index in [9.17, 15) is 0 Å². The van der Waals surface area contributed by atoms with E-state index in [4.69, 9.17) is 5.26 Å². The Bertz CT molecular complexity index is 410. The summed E-state index contributed by atoms with van der Waals surface area (Å²) < 4.78 is 0. The average molecular weight is 230 g/mol. The number of anilines is 1. The zero-order valence-corrected chi connectivity index (χ0v) is 10.2. The van der Waals surface area contributed by atoms with Crippen LogP contribution in [0.1, 0.15) is 38.3 Å². The maximum Gasteiger partial charge on any atom is 0.182 e. The van der Waals surface area contributed by atoms with Crippen LogP contribution in [0, 0.1) is 23.2 Å². The Labute approximate surface area is 102 Å². The molecular formula is C13H18N4. The van der Waals surface area contributed by atoms with Crippen molar-refractivity contribution in [2.75, 3.05) is 11.9 Å². The molecule has 1 fully saturated rings. The summed E-state index contributed by atoms with van der Waals surface area (Å²) in [4.78, 5) is 8.16. The van der Waals surface area contributed by atoms with Gasteiger partial charge in [-0.15, -0.1) is 0 Å². The van der Waals surface area contributed by atoms with E-state index >= 15 is 0 Å². The van der Waals surface area contributed by atoms with Crippen molar-refractivity contribution < 1.29 is 0 Å². The molecule has 90 valence electrons. The molecule has 0 aliphatic heterocycles. The van der Waals surface area contributed by atoms with Gasteiger partial charge in [0.1, 0.15) is 6.07 Å². The summed E-state index contributed by atoms with van der Waals surface area (Å²) in [5.41, 5.74) is 0.385. The third-order valence-electron chi connectivity index (χ3n) is 3.62. The number of rotatable bonds is 3. The van der Waals surface area contributed by atoms with Crippen LogP contribution < -0.4 is 5.32 Å². The highest BCUT2D eigenvalue weighted by Gasteiger charge is 2.21. The smallest absolute Gasteiger partial charge is 0.182 e. The first-order chi connectivity index (χ1) is 8.31. The van der Waals surface area contributed by atoms with Gasteiger partial charge in [-0.25, -0.2) is 9.97 Å². The van der Waals surface area contributed by atoms with Crippen molar-refractivity contribution in [1.29, 1.82) is 5.26 Å². The van der Waals surface area contributed by atoms with Crippen molar-refractivity contribution in [3.8, 4) is 6.07 Å². The fourth-order valence-electron chi connectivity index (χ4n) is 2.47. The summed E-state index contributed by atoms with van der Waals surface area (Å²) in [7, 11) is 0. The van der Waals surface area contributed by atoms with Crippen molar-refractivity contribution in [3.63, 3.8) is 0 Å². The largest absolute Gasteiger partial charge is 0.367 e. The van der Waals surface area contributed by atoms with E-state index in [0.717, 1.165) is 12.5 Å². The first kappa shape index (κ1) is 11.8. The van der Waals surface area contributed by atoms with Crippen molar-refractivity contribution in [1.82, 2.24) is 9.97 Å².